The van der Waals surface area contributed by atoms with Gasteiger partial charge in [-0.1, -0.05) is 32.8 Å². The summed E-state index contributed by atoms with van der Waals surface area (Å²) >= 11 is 0. The van der Waals surface area contributed by atoms with Crippen LogP contribution >= 0.6 is 0 Å². The fourth-order valence-corrected chi connectivity index (χ4v) is 2.99. The molecule has 2 rings (SSSR count). The Balaban J connectivity index is 2.09. The van der Waals surface area contributed by atoms with E-state index in [1.807, 2.05) is 6.07 Å². The lowest BCUT2D eigenvalue weighted by Gasteiger charge is -2.30. The van der Waals surface area contributed by atoms with Crippen molar-refractivity contribution in [1.82, 2.24) is 4.90 Å². The Morgan fingerprint density at radius 1 is 1.32 bits per heavy atom. The van der Waals surface area contributed by atoms with E-state index < -0.39 is 0 Å². The molecule has 106 valence electrons. The van der Waals surface area contributed by atoms with Gasteiger partial charge < -0.3 is 5.73 Å². The standard InChI is InChI=1S/C16H25FN2/c1-12(2)10-19(15-5-3-4-6-15)11-13-7-8-14(18)9-16(13)17/h7-9,12,15H,3-6,10-11,18H2,1-2H3. The molecule has 0 bridgehead atoms. The van der Waals surface area contributed by atoms with Crippen LogP contribution in [0, 0.1) is 11.7 Å². The normalized spacial score (nSPS) is 16.7. The Hall–Kier alpha value is -1.09. The molecule has 1 saturated carbocycles. The van der Waals surface area contributed by atoms with Crippen molar-refractivity contribution >= 4 is 5.69 Å². The molecule has 2 nitrogen and oxygen atoms in total. The summed E-state index contributed by atoms with van der Waals surface area (Å²) in [6.45, 7) is 6.19. The van der Waals surface area contributed by atoms with Gasteiger partial charge in [0.2, 0.25) is 0 Å². The van der Waals surface area contributed by atoms with Crippen molar-refractivity contribution in [3.8, 4) is 0 Å². The molecule has 1 fully saturated rings. The Morgan fingerprint density at radius 3 is 2.58 bits per heavy atom. The highest BCUT2D eigenvalue weighted by molar-refractivity contribution is 5.40. The lowest BCUT2D eigenvalue weighted by molar-refractivity contribution is 0.166. The summed E-state index contributed by atoms with van der Waals surface area (Å²) in [7, 11) is 0. The first kappa shape index (κ1) is 14.3. The van der Waals surface area contributed by atoms with E-state index in [1.54, 1.807) is 6.07 Å². The number of hydrogen-bond acceptors (Lipinski definition) is 2. The van der Waals surface area contributed by atoms with Gasteiger partial charge in [-0.15, -0.1) is 0 Å². The molecule has 0 unspecified atom stereocenters. The van der Waals surface area contributed by atoms with Crippen LogP contribution in [0.25, 0.3) is 0 Å². The largest absolute Gasteiger partial charge is 0.399 e. The Morgan fingerprint density at radius 2 is 2.00 bits per heavy atom. The lowest BCUT2D eigenvalue weighted by atomic mass is 10.1. The second kappa shape index (κ2) is 6.38. The van der Waals surface area contributed by atoms with Gasteiger partial charge in [-0.2, -0.15) is 0 Å². The van der Waals surface area contributed by atoms with Crippen LogP contribution in [-0.2, 0) is 6.54 Å². The maximum Gasteiger partial charge on any atom is 0.129 e. The molecule has 0 atom stereocenters. The molecule has 0 aliphatic heterocycles. The number of anilines is 1. The van der Waals surface area contributed by atoms with Gasteiger partial charge in [-0.25, -0.2) is 4.39 Å². The predicted octanol–water partition coefficient (Wildman–Crippen LogP) is 3.81. The summed E-state index contributed by atoms with van der Waals surface area (Å²) in [6.07, 6.45) is 5.12. The lowest BCUT2D eigenvalue weighted by Crippen LogP contribution is -2.35. The Bertz CT molecular complexity index is 411. The summed E-state index contributed by atoms with van der Waals surface area (Å²) in [5.74, 6) is 0.434. The maximum atomic E-state index is 13.9. The maximum absolute atomic E-state index is 13.9. The van der Waals surface area contributed by atoms with E-state index in [0.717, 1.165) is 12.1 Å². The van der Waals surface area contributed by atoms with Gasteiger partial charge in [0.15, 0.2) is 0 Å². The number of nitrogens with zero attached hydrogens (tertiary/aromatic N) is 1. The molecule has 0 aromatic heterocycles. The smallest absolute Gasteiger partial charge is 0.129 e. The van der Waals surface area contributed by atoms with Crippen molar-refractivity contribution < 1.29 is 4.39 Å². The van der Waals surface area contributed by atoms with Crippen LogP contribution in [0.5, 0.6) is 0 Å². The van der Waals surface area contributed by atoms with Crippen molar-refractivity contribution in [2.75, 3.05) is 12.3 Å². The van der Waals surface area contributed by atoms with Gasteiger partial charge in [0.1, 0.15) is 5.82 Å². The molecule has 1 aliphatic rings. The second-order valence-corrected chi connectivity index (χ2v) is 6.11. The molecule has 0 heterocycles. The molecule has 0 radical (unpaired) electrons. The minimum absolute atomic E-state index is 0.174. The Labute approximate surface area is 115 Å². The van der Waals surface area contributed by atoms with E-state index in [0.29, 0.717) is 24.2 Å². The van der Waals surface area contributed by atoms with Crippen molar-refractivity contribution in [3.05, 3.63) is 29.6 Å². The van der Waals surface area contributed by atoms with Crippen molar-refractivity contribution in [2.45, 2.75) is 52.1 Å². The third-order valence-electron chi connectivity index (χ3n) is 3.89. The number of nitrogens with two attached hydrogens (primary N) is 1. The molecular weight excluding hydrogens is 239 g/mol. The quantitative estimate of drug-likeness (QED) is 0.819. The van der Waals surface area contributed by atoms with Crippen LogP contribution in [0.4, 0.5) is 10.1 Å². The van der Waals surface area contributed by atoms with Gasteiger partial charge in [-0.05, 0) is 30.9 Å². The van der Waals surface area contributed by atoms with E-state index >= 15 is 0 Å². The van der Waals surface area contributed by atoms with Crippen LogP contribution < -0.4 is 5.73 Å². The van der Waals surface area contributed by atoms with Crippen LogP contribution in [0.15, 0.2) is 18.2 Å². The minimum atomic E-state index is -0.174. The first-order valence-electron chi connectivity index (χ1n) is 7.34. The minimum Gasteiger partial charge on any atom is -0.399 e. The summed E-state index contributed by atoms with van der Waals surface area (Å²) in [6, 6.07) is 5.67. The van der Waals surface area contributed by atoms with E-state index in [-0.39, 0.29) is 5.82 Å². The number of rotatable bonds is 5. The molecule has 0 saturated heterocycles. The number of nitrogen functional groups attached to an aromatic ring is 1. The zero-order chi connectivity index (χ0) is 13.8. The van der Waals surface area contributed by atoms with E-state index in [2.05, 4.69) is 18.7 Å². The van der Waals surface area contributed by atoms with Gasteiger partial charge >= 0.3 is 0 Å². The molecule has 0 spiro atoms. The SMILES string of the molecule is CC(C)CN(Cc1ccc(N)cc1F)C1CCCC1. The first-order chi connectivity index (χ1) is 9.06. The van der Waals surface area contributed by atoms with Crippen LogP contribution in [0.2, 0.25) is 0 Å². The average molecular weight is 264 g/mol. The molecule has 3 heteroatoms. The zero-order valence-electron chi connectivity index (χ0n) is 12.0. The highest BCUT2D eigenvalue weighted by atomic mass is 19.1. The van der Waals surface area contributed by atoms with Crippen molar-refractivity contribution in [1.29, 1.82) is 0 Å². The third-order valence-corrected chi connectivity index (χ3v) is 3.89. The fourth-order valence-electron chi connectivity index (χ4n) is 2.99. The van der Waals surface area contributed by atoms with Gasteiger partial charge in [0.05, 0.1) is 0 Å². The summed E-state index contributed by atoms with van der Waals surface area (Å²) < 4.78 is 13.9. The molecular formula is C16H25FN2. The second-order valence-electron chi connectivity index (χ2n) is 6.11. The van der Waals surface area contributed by atoms with Gasteiger partial charge in [0.25, 0.3) is 0 Å². The average Bonchev–Trinajstić information content (AvgIpc) is 2.84. The number of halogens is 1. The monoisotopic (exact) mass is 264 g/mol. The zero-order valence-corrected chi connectivity index (χ0v) is 12.0. The first-order valence-corrected chi connectivity index (χ1v) is 7.34. The highest BCUT2D eigenvalue weighted by Crippen LogP contribution is 2.26. The van der Waals surface area contributed by atoms with Crippen LogP contribution in [0.1, 0.15) is 45.1 Å². The summed E-state index contributed by atoms with van der Waals surface area (Å²) in [4.78, 5) is 2.45. The number of benzene rings is 1. The molecule has 1 aromatic carbocycles. The van der Waals surface area contributed by atoms with Gasteiger partial charge in [-0.3, -0.25) is 4.90 Å². The third kappa shape index (κ3) is 3.93. The molecule has 0 amide bonds. The molecule has 2 N–H and O–H groups in total. The van der Waals surface area contributed by atoms with Crippen LogP contribution in [0.3, 0.4) is 0 Å². The van der Waals surface area contributed by atoms with E-state index in [9.17, 15) is 4.39 Å². The molecule has 1 aliphatic carbocycles. The molecule has 1 aromatic rings. The van der Waals surface area contributed by atoms with E-state index in [1.165, 1.54) is 31.7 Å². The summed E-state index contributed by atoms with van der Waals surface area (Å²) in [5, 5.41) is 0. The highest BCUT2D eigenvalue weighted by Gasteiger charge is 2.23. The topological polar surface area (TPSA) is 29.3 Å². The van der Waals surface area contributed by atoms with E-state index in [4.69, 9.17) is 5.73 Å². The number of hydrogen-bond donors (Lipinski definition) is 1. The summed E-state index contributed by atoms with van der Waals surface area (Å²) in [5.41, 5.74) is 6.87. The van der Waals surface area contributed by atoms with Gasteiger partial charge in [0, 0.05) is 30.4 Å². The molecule has 19 heavy (non-hydrogen) atoms. The predicted molar refractivity (Wildman–Crippen MR) is 78.3 cm³/mol. The Kier molecular flexibility index (Phi) is 4.81. The fraction of sp³-hybridized carbons (Fsp3) is 0.625. The van der Waals surface area contributed by atoms with Crippen molar-refractivity contribution in [3.63, 3.8) is 0 Å². The van der Waals surface area contributed by atoms with Crippen LogP contribution in [-0.4, -0.2) is 17.5 Å². The van der Waals surface area contributed by atoms with Crippen molar-refractivity contribution in [2.24, 2.45) is 5.92 Å².